The van der Waals surface area contributed by atoms with Gasteiger partial charge in [-0.15, -0.1) is 0 Å². The van der Waals surface area contributed by atoms with Gasteiger partial charge in [-0.25, -0.2) is 0 Å². The van der Waals surface area contributed by atoms with Crippen LogP contribution >= 0.6 is 0 Å². The molecular weight excluding hydrogens is 208 g/mol. The van der Waals surface area contributed by atoms with Crippen molar-refractivity contribution in [1.82, 2.24) is 10.2 Å². The van der Waals surface area contributed by atoms with Crippen LogP contribution in [-0.4, -0.2) is 36.1 Å². The molecule has 2 saturated carbocycles. The summed E-state index contributed by atoms with van der Waals surface area (Å²) in [6.45, 7) is 11.8. The zero-order valence-electron chi connectivity index (χ0n) is 12.1. The number of hydrogen-bond acceptors (Lipinski definition) is 2. The molecule has 0 bridgehead atoms. The van der Waals surface area contributed by atoms with E-state index in [4.69, 9.17) is 0 Å². The van der Waals surface area contributed by atoms with E-state index in [9.17, 15) is 0 Å². The summed E-state index contributed by atoms with van der Waals surface area (Å²) in [7, 11) is 0. The van der Waals surface area contributed by atoms with Crippen molar-refractivity contribution < 1.29 is 0 Å². The van der Waals surface area contributed by atoms with Crippen molar-refractivity contribution in [3.05, 3.63) is 0 Å². The second-order valence-electron chi connectivity index (χ2n) is 6.79. The highest BCUT2D eigenvalue weighted by Crippen LogP contribution is 2.39. The Morgan fingerprint density at radius 1 is 1.06 bits per heavy atom. The maximum atomic E-state index is 3.62. The molecular formula is C15H30N2. The molecule has 1 N–H and O–H groups in total. The molecule has 0 spiro atoms. The van der Waals surface area contributed by atoms with Crippen molar-refractivity contribution in [2.45, 2.75) is 71.5 Å². The van der Waals surface area contributed by atoms with E-state index < -0.39 is 0 Å². The number of hydrogen-bond donors (Lipinski definition) is 1. The average molecular weight is 238 g/mol. The van der Waals surface area contributed by atoms with Gasteiger partial charge in [0.1, 0.15) is 0 Å². The number of rotatable bonds is 7. The lowest BCUT2D eigenvalue weighted by Crippen LogP contribution is -2.53. The fourth-order valence-corrected chi connectivity index (χ4v) is 3.00. The Kier molecular flexibility index (Phi) is 4.48. The predicted molar refractivity (Wildman–Crippen MR) is 74.2 cm³/mol. The van der Waals surface area contributed by atoms with Crippen LogP contribution in [0.1, 0.15) is 53.4 Å². The molecule has 2 aliphatic carbocycles. The van der Waals surface area contributed by atoms with E-state index in [2.05, 4.69) is 37.9 Å². The lowest BCUT2D eigenvalue weighted by molar-refractivity contribution is 0.0449. The summed E-state index contributed by atoms with van der Waals surface area (Å²) in [6.07, 6.45) is 5.78. The zero-order valence-corrected chi connectivity index (χ0v) is 12.1. The highest BCUT2D eigenvalue weighted by Gasteiger charge is 2.41. The first-order chi connectivity index (χ1) is 8.08. The molecule has 0 aromatic heterocycles. The summed E-state index contributed by atoms with van der Waals surface area (Å²) in [5.41, 5.74) is 0. The van der Waals surface area contributed by atoms with Gasteiger partial charge < -0.3 is 5.32 Å². The number of nitrogens with one attached hydrogen (secondary N) is 1. The fourth-order valence-electron chi connectivity index (χ4n) is 3.00. The minimum atomic E-state index is 0.635. The summed E-state index contributed by atoms with van der Waals surface area (Å²) in [4.78, 5) is 2.83. The van der Waals surface area contributed by atoms with Gasteiger partial charge in [-0.05, 0) is 44.1 Å². The van der Waals surface area contributed by atoms with E-state index in [1.807, 2.05) is 0 Å². The predicted octanol–water partition coefficient (Wildman–Crippen LogP) is 2.88. The lowest BCUT2D eigenvalue weighted by Gasteiger charge is -2.46. The van der Waals surface area contributed by atoms with Crippen molar-refractivity contribution in [3.63, 3.8) is 0 Å². The van der Waals surface area contributed by atoms with Crippen molar-refractivity contribution in [2.24, 2.45) is 11.8 Å². The monoisotopic (exact) mass is 238 g/mol. The van der Waals surface area contributed by atoms with Crippen LogP contribution in [0.3, 0.4) is 0 Å². The quantitative estimate of drug-likeness (QED) is 0.733. The summed E-state index contributed by atoms with van der Waals surface area (Å²) >= 11 is 0. The van der Waals surface area contributed by atoms with Gasteiger partial charge in [0.2, 0.25) is 0 Å². The Morgan fingerprint density at radius 2 is 1.76 bits per heavy atom. The summed E-state index contributed by atoms with van der Waals surface area (Å²) in [6, 6.07) is 2.45. The van der Waals surface area contributed by atoms with Crippen LogP contribution in [-0.2, 0) is 0 Å². The van der Waals surface area contributed by atoms with Crippen LogP contribution in [0.2, 0.25) is 0 Å². The third-order valence-corrected chi connectivity index (χ3v) is 4.18. The second kappa shape index (κ2) is 5.71. The van der Waals surface area contributed by atoms with Gasteiger partial charge in [-0.1, -0.05) is 27.7 Å². The van der Waals surface area contributed by atoms with Crippen molar-refractivity contribution in [3.8, 4) is 0 Å². The van der Waals surface area contributed by atoms with Gasteiger partial charge in [0.15, 0.2) is 0 Å². The minimum Gasteiger partial charge on any atom is -0.314 e. The largest absolute Gasteiger partial charge is 0.314 e. The highest BCUT2D eigenvalue weighted by molar-refractivity contribution is 4.97. The molecule has 2 aliphatic rings. The molecule has 2 heteroatoms. The highest BCUT2D eigenvalue weighted by atomic mass is 15.2. The van der Waals surface area contributed by atoms with Gasteiger partial charge in [0.05, 0.1) is 0 Å². The van der Waals surface area contributed by atoms with Gasteiger partial charge in [-0.3, -0.25) is 4.90 Å². The van der Waals surface area contributed by atoms with E-state index in [0.29, 0.717) is 6.04 Å². The zero-order chi connectivity index (χ0) is 12.4. The molecule has 0 aliphatic heterocycles. The molecule has 2 fully saturated rings. The second-order valence-corrected chi connectivity index (χ2v) is 6.79. The molecule has 2 atom stereocenters. The molecule has 17 heavy (non-hydrogen) atoms. The number of nitrogens with zero attached hydrogens (tertiary/aromatic N) is 1. The minimum absolute atomic E-state index is 0.635. The molecule has 0 radical (unpaired) electrons. The average Bonchev–Trinajstić information content (AvgIpc) is 2.96. The summed E-state index contributed by atoms with van der Waals surface area (Å²) < 4.78 is 0. The van der Waals surface area contributed by atoms with Crippen LogP contribution in [0.15, 0.2) is 0 Å². The Hall–Kier alpha value is -0.0800. The van der Waals surface area contributed by atoms with Crippen LogP contribution in [0.25, 0.3) is 0 Å². The van der Waals surface area contributed by atoms with Crippen LogP contribution in [0.5, 0.6) is 0 Å². The van der Waals surface area contributed by atoms with Crippen LogP contribution in [0.4, 0.5) is 0 Å². The van der Waals surface area contributed by atoms with Crippen molar-refractivity contribution in [2.75, 3.05) is 13.1 Å². The molecule has 2 unspecified atom stereocenters. The summed E-state index contributed by atoms with van der Waals surface area (Å²) in [5.74, 6) is 1.73. The van der Waals surface area contributed by atoms with Gasteiger partial charge in [0, 0.05) is 24.7 Å². The molecule has 100 valence electrons. The first kappa shape index (κ1) is 13.4. The van der Waals surface area contributed by atoms with E-state index in [-0.39, 0.29) is 0 Å². The SMILES string of the molecule is CC(C)CN(C1CC1)C1CCC1CNC(C)C. The Morgan fingerprint density at radius 3 is 2.18 bits per heavy atom. The van der Waals surface area contributed by atoms with Crippen LogP contribution < -0.4 is 5.32 Å². The normalized spacial score (nSPS) is 29.1. The van der Waals surface area contributed by atoms with Crippen molar-refractivity contribution in [1.29, 1.82) is 0 Å². The first-order valence-electron chi connectivity index (χ1n) is 7.57. The molecule has 2 nitrogen and oxygen atoms in total. The third kappa shape index (κ3) is 3.69. The molecule has 0 aromatic rings. The molecule has 0 aromatic carbocycles. The molecule has 0 amide bonds. The van der Waals surface area contributed by atoms with Crippen molar-refractivity contribution >= 4 is 0 Å². The Bertz CT molecular complexity index is 233. The maximum Gasteiger partial charge on any atom is 0.0139 e. The molecule has 0 saturated heterocycles. The molecule has 0 heterocycles. The Labute approximate surface area is 107 Å². The van der Waals surface area contributed by atoms with E-state index in [1.54, 1.807) is 0 Å². The maximum absolute atomic E-state index is 3.62. The topological polar surface area (TPSA) is 15.3 Å². The third-order valence-electron chi connectivity index (χ3n) is 4.18. The van der Waals surface area contributed by atoms with Gasteiger partial charge in [-0.2, -0.15) is 0 Å². The van der Waals surface area contributed by atoms with Crippen LogP contribution in [0, 0.1) is 11.8 Å². The molecule has 2 rings (SSSR count). The fraction of sp³-hybridized carbons (Fsp3) is 1.00. The Balaban J connectivity index is 1.81. The van der Waals surface area contributed by atoms with E-state index in [1.165, 1.54) is 38.8 Å². The van der Waals surface area contributed by atoms with E-state index >= 15 is 0 Å². The smallest absolute Gasteiger partial charge is 0.0139 e. The van der Waals surface area contributed by atoms with Gasteiger partial charge >= 0.3 is 0 Å². The first-order valence-corrected chi connectivity index (χ1v) is 7.57. The van der Waals surface area contributed by atoms with E-state index in [0.717, 1.165) is 23.9 Å². The lowest BCUT2D eigenvalue weighted by atomic mass is 9.78. The summed E-state index contributed by atoms with van der Waals surface area (Å²) in [5, 5.41) is 3.62. The van der Waals surface area contributed by atoms with Gasteiger partial charge in [0.25, 0.3) is 0 Å². The standard InChI is InChI=1S/C15H30N2/c1-11(2)10-17(14-6-7-14)15-8-5-13(15)9-16-12(3)4/h11-16H,5-10H2,1-4H3.